The van der Waals surface area contributed by atoms with Crippen molar-refractivity contribution in [3.8, 4) is 12.1 Å². The minimum atomic E-state index is -0.112. The van der Waals surface area contributed by atoms with Crippen molar-refractivity contribution in [1.29, 1.82) is 10.5 Å². The van der Waals surface area contributed by atoms with Crippen LogP contribution < -0.4 is 0 Å². The number of aryl methyl sites for hydroxylation is 1. The van der Waals surface area contributed by atoms with Crippen molar-refractivity contribution in [2.24, 2.45) is 0 Å². The van der Waals surface area contributed by atoms with E-state index in [1.807, 2.05) is 37.3 Å². The summed E-state index contributed by atoms with van der Waals surface area (Å²) in [6.45, 7) is 2.61. The molecule has 0 bridgehead atoms. The van der Waals surface area contributed by atoms with Crippen LogP contribution in [0.25, 0.3) is 0 Å². The fourth-order valence-electron chi connectivity index (χ4n) is 1.67. The third-order valence-corrected chi connectivity index (χ3v) is 2.65. The summed E-state index contributed by atoms with van der Waals surface area (Å²) in [6, 6.07) is 11.4. The van der Waals surface area contributed by atoms with Gasteiger partial charge in [-0.25, -0.2) is 0 Å². The van der Waals surface area contributed by atoms with Gasteiger partial charge in [-0.15, -0.1) is 0 Å². The molecule has 0 saturated heterocycles. The van der Waals surface area contributed by atoms with E-state index < -0.39 is 0 Å². The molecule has 4 nitrogen and oxygen atoms in total. The predicted molar refractivity (Wildman–Crippen MR) is 67.5 cm³/mol. The number of hydrogen-bond acceptors (Lipinski definition) is 3. The fraction of sp³-hybridized carbons (Fsp3) is 0.357. The molecule has 0 fully saturated rings. The maximum Gasteiger partial charge on any atom is 0.254 e. The molecule has 1 amide bonds. The van der Waals surface area contributed by atoms with Crippen molar-refractivity contribution in [3.05, 3.63) is 35.4 Å². The van der Waals surface area contributed by atoms with E-state index in [9.17, 15) is 4.79 Å². The Morgan fingerprint density at radius 3 is 2.22 bits per heavy atom. The van der Waals surface area contributed by atoms with Crippen LogP contribution in [0.15, 0.2) is 24.3 Å². The van der Waals surface area contributed by atoms with Gasteiger partial charge < -0.3 is 4.90 Å². The van der Waals surface area contributed by atoms with Gasteiger partial charge in [-0.3, -0.25) is 4.79 Å². The normalized spacial score (nSPS) is 9.28. The molecule has 0 aliphatic heterocycles. The summed E-state index contributed by atoms with van der Waals surface area (Å²) in [7, 11) is 0. The van der Waals surface area contributed by atoms with Gasteiger partial charge in [-0.05, 0) is 18.6 Å². The Kier molecular flexibility index (Phi) is 5.41. The Hall–Kier alpha value is -2.33. The molecular weight excluding hydrogens is 226 g/mol. The molecule has 0 N–H and O–H groups in total. The quantitative estimate of drug-likeness (QED) is 0.794. The van der Waals surface area contributed by atoms with Crippen LogP contribution in [0.1, 0.15) is 28.8 Å². The number of hydrogen-bond donors (Lipinski definition) is 0. The lowest BCUT2D eigenvalue weighted by atomic mass is 10.1. The minimum absolute atomic E-state index is 0.112. The van der Waals surface area contributed by atoms with Gasteiger partial charge in [0.05, 0.1) is 25.0 Å². The first-order valence-electron chi connectivity index (χ1n) is 5.79. The second-order valence-corrected chi connectivity index (χ2v) is 3.92. The topological polar surface area (TPSA) is 67.9 Å². The molecule has 0 aromatic heterocycles. The second kappa shape index (κ2) is 7.09. The summed E-state index contributed by atoms with van der Waals surface area (Å²) in [5.74, 6) is -0.112. The van der Waals surface area contributed by atoms with Gasteiger partial charge in [0.1, 0.15) is 0 Å². The van der Waals surface area contributed by atoms with Crippen molar-refractivity contribution in [1.82, 2.24) is 4.90 Å². The van der Waals surface area contributed by atoms with E-state index in [0.717, 1.165) is 5.56 Å². The molecule has 92 valence electrons. The molecule has 1 aromatic rings. The van der Waals surface area contributed by atoms with Crippen molar-refractivity contribution in [2.75, 3.05) is 13.1 Å². The molecule has 0 radical (unpaired) electrons. The SMILES string of the molecule is Cc1ccccc1C(=O)N(CCC#N)CCC#N. The Bertz CT molecular complexity index is 478. The fourth-order valence-corrected chi connectivity index (χ4v) is 1.67. The highest BCUT2D eigenvalue weighted by molar-refractivity contribution is 5.95. The standard InChI is InChI=1S/C14H15N3O/c1-12-6-2-3-7-13(12)14(18)17(10-4-8-15)11-5-9-16/h2-3,6-7H,4-5,10-11H2,1H3. The van der Waals surface area contributed by atoms with Gasteiger partial charge in [-0.1, -0.05) is 18.2 Å². The average molecular weight is 241 g/mol. The third kappa shape index (κ3) is 3.61. The zero-order valence-electron chi connectivity index (χ0n) is 10.4. The average Bonchev–Trinajstić information content (AvgIpc) is 2.39. The van der Waals surface area contributed by atoms with Crippen LogP contribution >= 0.6 is 0 Å². The molecule has 0 spiro atoms. The number of carbonyl (C=O) groups is 1. The highest BCUT2D eigenvalue weighted by atomic mass is 16.2. The molecule has 0 atom stereocenters. The Labute approximate surface area is 107 Å². The maximum absolute atomic E-state index is 12.3. The first-order valence-corrected chi connectivity index (χ1v) is 5.79. The molecule has 0 aliphatic carbocycles. The van der Waals surface area contributed by atoms with E-state index in [0.29, 0.717) is 18.7 Å². The molecule has 1 aromatic carbocycles. The lowest BCUT2D eigenvalue weighted by Gasteiger charge is -2.21. The lowest BCUT2D eigenvalue weighted by Crippen LogP contribution is -2.33. The number of nitriles is 2. The predicted octanol–water partition coefficient (Wildman–Crippen LogP) is 2.26. The van der Waals surface area contributed by atoms with Crippen LogP contribution in [0, 0.1) is 29.6 Å². The van der Waals surface area contributed by atoms with Crippen LogP contribution in [-0.2, 0) is 0 Å². The van der Waals surface area contributed by atoms with E-state index in [4.69, 9.17) is 10.5 Å². The molecule has 4 heteroatoms. The van der Waals surface area contributed by atoms with Crippen LogP contribution in [0.3, 0.4) is 0 Å². The summed E-state index contributed by atoms with van der Waals surface area (Å²) in [5.41, 5.74) is 1.54. The van der Waals surface area contributed by atoms with Crippen LogP contribution in [0.4, 0.5) is 0 Å². The highest BCUT2D eigenvalue weighted by Gasteiger charge is 2.16. The van der Waals surface area contributed by atoms with E-state index in [-0.39, 0.29) is 18.7 Å². The first-order chi connectivity index (χ1) is 8.70. The van der Waals surface area contributed by atoms with Gasteiger partial charge in [0.25, 0.3) is 5.91 Å². The van der Waals surface area contributed by atoms with E-state index in [2.05, 4.69) is 0 Å². The van der Waals surface area contributed by atoms with Crippen LogP contribution in [0.2, 0.25) is 0 Å². The van der Waals surface area contributed by atoms with Crippen LogP contribution in [0.5, 0.6) is 0 Å². The molecule has 0 aliphatic rings. The first kappa shape index (κ1) is 13.7. The molecule has 0 unspecified atom stereocenters. The number of benzene rings is 1. The Balaban J connectivity index is 2.85. The van der Waals surface area contributed by atoms with Gasteiger partial charge in [0.2, 0.25) is 0 Å². The second-order valence-electron chi connectivity index (χ2n) is 3.92. The summed E-state index contributed by atoms with van der Waals surface area (Å²) in [6.07, 6.45) is 0.562. The monoisotopic (exact) mass is 241 g/mol. The lowest BCUT2D eigenvalue weighted by molar-refractivity contribution is 0.0762. The summed E-state index contributed by atoms with van der Waals surface area (Å²) >= 11 is 0. The van der Waals surface area contributed by atoms with Crippen molar-refractivity contribution in [2.45, 2.75) is 19.8 Å². The highest BCUT2D eigenvalue weighted by Crippen LogP contribution is 2.11. The number of nitrogens with zero attached hydrogens (tertiary/aromatic N) is 3. The van der Waals surface area contributed by atoms with Gasteiger partial charge >= 0.3 is 0 Å². The van der Waals surface area contributed by atoms with E-state index in [1.165, 1.54) is 0 Å². The van der Waals surface area contributed by atoms with Crippen molar-refractivity contribution < 1.29 is 4.79 Å². The minimum Gasteiger partial charge on any atom is -0.337 e. The maximum atomic E-state index is 12.3. The molecule has 0 saturated carbocycles. The molecule has 18 heavy (non-hydrogen) atoms. The zero-order valence-corrected chi connectivity index (χ0v) is 10.4. The van der Waals surface area contributed by atoms with Crippen LogP contribution in [-0.4, -0.2) is 23.9 Å². The molecular formula is C14H15N3O. The molecule has 0 heterocycles. The smallest absolute Gasteiger partial charge is 0.254 e. The van der Waals surface area contributed by atoms with Crippen molar-refractivity contribution >= 4 is 5.91 Å². The number of amides is 1. The van der Waals surface area contributed by atoms with Gasteiger partial charge in [0, 0.05) is 18.7 Å². The van der Waals surface area contributed by atoms with Gasteiger partial charge in [0.15, 0.2) is 0 Å². The van der Waals surface area contributed by atoms with E-state index >= 15 is 0 Å². The number of carbonyl (C=O) groups excluding carboxylic acids is 1. The summed E-state index contributed by atoms with van der Waals surface area (Å²) < 4.78 is 0. The van der Waals surface area contributed by atoms with Gasteiger partial charge in [-0.2, -0.15) is 10.5 Å². The largest absolute Gasteiger partial charge is 0.337 e. The Morgan fingerprint density at radius 2 is 1.72 bits per heavy atom. The Morgan fingerprint density at radius 1 is 1.17 bits per heavy atom. The van der Waals surface area contributed by atoms with Crippen molar-refractivity contribution in [3.63, 3.8) is 0 Å². The summed E-state index contributed by atoms with van der Waals surface area (Å²) in [5, 5.41) is 17.2. The number of rotatable bonds is 5. The van der Waals surface area contributed by atoms with E-state index in [1.54, 1.807) is 11.0 Å². The summed E-state index contributed by atoms with van der Waals surface area (Å²) in [4.78, 5) is 13.8. The third-order valence-electron chi connectivity index (χ3n) is 2.65. The zero-order chi connectivity index (χ0) is 13.4. The molecule has 1 rings (SSSR count).